The number of thiazole rings is 1. The summed E-state index contributed by atoms with van der Waals surface area (Å²) in [4.78, 5) is 4.68. The van der Waals surface area contributed by atoms with Gasteiger partial charge in [-0.2, -0.15) is 10.2 Å². The van der Waals surface area contributed by atoms with Gasteiger partial charge in [0.05, 0.1) is 22.9 Å². The molecule has 2 aromatic heterocycles. The Hall–Kier alpha value is -2.15. The maximum atomic E-state index is 5.65. The predicted octanol–water partition coefficient (Wildman–Crippen LogP) is 2.35. The van der Waals surface area contributed by atoms with Crippen LogP contribution in [-0.4, -0.2) is 15.2 Å². The molecule has 6 heteroatoms. The molecule has 0 aliphatic rings. The molecule has 0 bridgehead atoms. The van der Waals surface area contributed by atoms with Crippen LogP contribution in [0, 0.1) is 0 Å². The van der Waals surface area contributed by atoms with Gasteiger partial charge in [0.15, 0.2) is 0 Å². The van der Waals surface area contributed by atoms with E-state index in [1.54, 1.807) is 23.7 Å². The number of nitrogens with two attached hydrogens (primary N) is 1. The number of hydrogen-bond donors (Lipinski definition) is 2. The number of nitrogens with one attached hydrogen (secondary N) is 1. The minimum Gasteiger partial charge on any atom is -0.271 e. The van der Waals surface area contributed by atoms with Crippen LogP contribution in [0.15, 0.2) is 54.2 Å². The molecule has 0 aliphatic carbocycles. The summed E-state index contributed by atoms with van der Waals surface area (Å²) < 4.78 is 0. The van der Waals surface area contributed by atoms with Crippen LogP contribution in [-0.2, 0) is 6.42 Å². The lowest BCUT2D eigenvalue weighted by Gasteiger charge is -2.13. The molecule has 3 N–H and O–H groups in total. The van der Waals surface area contributed by atoms with E-state index in [0.29, 0.717) is 0 Å². The summed E-state index contributed by atoms with van der Waals surface area (Å²) in [5.41, 5.74) is 5.95. The minimum absolute atomic E-state index is 0.0183. The molecule has 0 spiro atoms. The summed E-state index contributed by atoms with van der Waals surface area (Å²) >= 11 is 1.64. The molecule has 0 saturated carbocycles. The third-order valence-electron chi connectivity index (χ3n) is 3.21. The van der Waals surface area contributed by atoms with E-state index in [-0.39, 0.29) is 6.04 Å². The lowest BCUT2D eigenvalue weighted by atomic mass is 10.1. The fourth-order valence-corrected chi connectivity index (χ4v) is 2.95. The highest BCUT2D eigenvalue weighted by Crippen LogP contribution is 2.24. The van der Waals surface area contributed by atoms with Gasteiger partial charge in [-0.15, -0.1) is 11.3 Å². The molecule has 0 radical (unpaired) electrons. The van der Waals surface area contributed by atoms with Gasteiger partial charge in [-0.3, -0.25) is 11.3 Å². The molecule has 3 rings (SSSR count). The minimum atomic E-state index is -0.0183. The van der Waals surface area contributed by atoms with Crippen molar-refractivity contribution in [3.8, 4) is 11.3 Å². The first-order chi connectivity index (χ1) is 10.4. The van der Waals surface area contributed by atoms with Crippen molar-refractivity contribution >= 4 is 11.3 Å². The SMILES string of the molecule is NNC(Cc1nc(-c2ccccc2)cs1)c1ccnnc1. The van der Waals surface area contributed by atoms with Crippen LogP contribution in [0.2, 0.25) is 0 Å². The molecular formula is C15H15N5S. The van der Waals surface area contributed by atoms with E-state index in [2.05, 4.69) is 38.1 Å². The van der Waals surface area contributed by atoms with Gasteiger partial charge in [0.25, 0.3) is 0 Å². The van der Waals surface area contributed by atoms with Gasteiger partial charge < -0.3 is 0 Å². The molecule has 21 heavy (non-hydrogen) atoms. The predicted molar refractivity (Wildman–Crippen MR) is 83.4 cm³/mol. The Morgan fingerprint density at radius 2 is 2.00 bits per heavy atom. The van der Waals surface area contributed by atoms with Gasteiger partial charge in [-0.25, -0.2) is 4.98 Å². The Labute approximate surface area is 126 Å². The Kier molecular flexibility index (Phi) is 4.30. The molecule has 0 amide bonds. The second-order valence-electron chi connectivity index (χ2n) is 4.59. The zero-order valence-electron chi connectivity index (χ0n) is 11.3. The van der Waals surface area contributed by atoms with Crippen LogP contribution in [0.25, 0.3) is 11.3 Å². The quantitative estimate of drug-likeness (QED) is 0.558. The summed E-state index contributed by atoms with van der Waals surface area (Å²) in [5, 5.41) is 10.8. The summed E-state index contributed by atoms with van der Waals surface area (Å²) in [6.07, 6.45) is 4.10. The summed E-state index contributed by atoms with van der Waals surface area (Å²) in [5.74, 6) is 5.65. The highest BCUT2D eigenvalue weighted by atomic mass is 32.1. The van der Waals surface area contributed by atoms with Crippen LogP contribution in [0.5, 0.6) is 0 Å². The highest BCUT2D eigenvalue weighted by Gasteiger charge is 2.13. The fourth-order valence-electron chi connectivity index (χ4n) is 2.10. The van der Waals surface area contributed by atoms with Gasteiger partial charge in [-0.05, 0) is 11.6 Å². The number of benzene rings is 1. The molecule has 3 aromatic rings. The third kappa shape index (κ3) is 3.30. The Bertz CT molecular complexity index is 684. The van der Waals surface area contributed by atoms with Crippen molar-refractivity contribution < 1.29 is 0 Å². The van der Waals surface area contributed by atoms with Gasteiger partial charge in [0.2, 0.25) is 0 Å². The van der Waals surface area contributed by atoms with E-state index in [1.165, 1.54) is 0 Å². The van der Waals surface area contributed by atoms with E-state index < -0.39 is 0 Å². The fraction of sp³-hybridized carbons (Fsp3) is 0.133. The first-order valence-electron chi connectivity index (χ1n) is 6.59. The van der Waals surface area contributed by atoms with Crippen molar-refractivity contribution in [2.75, 3.05) is 0 Å². The van der Waals surface area contributed by atoms with Crippen LogP contribution in [0.4, 0.5) is 0 Å². The van der Waals surface area contributed by atoms with Gasteiger partial charge >= 0.3 is 0 Å². The monoisotopic (exact) mass is 297 g/mol. The summed E-state index contributed by atoms with van der Waals surface area (Å²) in [6.45, 7) is 0. The van der Waals surface area contributed by atoms with Crippen molar-refractivity contribution in [2.24, 2.45) is 5.84 Å². The largest absolute Gasteiger partial charge is 0.271 e. The standard InChI is InChI=1S/C15H15N5S/c16-20-13(12-6-7-17-18-9-12)8-15-19-14(10-21-15)11-4-2-1-3-5-11/h1-7,9-10,13,20H,8,16H2. The second kappa shape index (κ2) is 6.53. The first-order valence-corrected chi connectivity index (χ1v) is 7.47. The number of aromatic nitrogens is 3. The molecule has 0 aliphatic heterocycles. The van der Waals surface area contributed by atoms with E-state index >= 15 is 0 Å². The maximum absolute atomic E-state index is 5.65. The average Bonchev–Trinajstić information content (AvgIpc) is 3.03. The van der Waals surface area contributed by atoms with Crippen molar-refractivity contribution in [2.45, 2.75) is 12.5 Å². The van der Waals surface area contributed by atoms with Gasteiger partial charge in [0, 0.05) is 23.6 Å². The van der Waals surface area contributed by atoms with Crippen LogP contribution in [0.3, 0.4) is 0 Å². The molecule has 1 atom stereocenters. The highest BCUT2D eigenvalue weighted by molar-refractivity contribution is 7.09. The van der Waals surface area contributed by atoms with Crippen molar-refractivity contribution in [1.82, 2.24) is 20.6 Å². The number of hydrogen-bond acceptors (Lipinski definition) is 6. The Morgan fingerprint density at radius 1 is 1.14 bits per heavy atom. The van der Waals surface area contributed by atoms with Crippen LogP contribution < -0.4 is 11.3 Å². The maximum Gasteiger partial charge on any atom is 0.0952 e. The first kappa shape index (κ1) is 13.8. The summed E-state index contributed by atoms with van der Waals surface area (Å²) in [7, 11) is 0. The Balaban J connectivity index is 1.78. The van der Waals surface area contributed by atoms with E-state index in [9.17, 15) is 0 Å². The molecule has 0 saturated heterocycles. The number of rotatable bonds is 5. The smallest absolute Gasteiger partial charge is 0.0952 e. The summed E-state index contributed by atoms with van der Waals surface area (Å²) in [6, 6.07) is 12.0. The molecular weight excluding hydrogens is 282 g/mol. The normalized spacial score (nSPS) is 12.2. The van der Waals surface area contributed by atoms with Crippen molar-refractivity contribution in [3.63, 3.8) is 0 Å². The van der Waals surface area contributed by atoms with Gasteiger partial charge in [0.1, 0.15) is 0 Å². The molecule has 5 nitrogen and oxygen atoms in total. The molecule has 1 unspecified atom stereocenters. The zero-order valence-corrected chi connectivity index (χ0v) is 12.1. The Morgan fingerprint density at radius 3 is 2.71 bits per heavy atom. The number of nitrogens with zero attached hydrogens (tertiary/aromatic N) is 3. The molecule has 106 valence electrons. The van der Waals surface area contributed by atoms with Crippen molar-refractivity contribution in [1.29, 1.82) is 0 Å². The lowest BCUT2D eigenvalue weighted by Crippen LogP contribution is -2.29. The second-order valence-corrected chi connectivity index (χ2v) is 5.53. The van der Waals surface area contributed by atoms with E-state index in [0.717, 1.165) is 28.2 Å². The number of hydrazine groups is 1. The molecule has 2 heterocycles. The van der Waals surface area contributed by atoms with Gasteiger partial charge in [-0.1, -0.05) is 30.3 Å². The third-order valence-corrected chi connectivity index (χ3v) is 4.08. The van der Waals surface area contributed by atoms with Crippen LogP contribution >= 0.6 is 11.3 Å². The molecule has 1 aromatic carbocycles. The van der Waals surface area contributed by atoms with Crippen LogP contribution in [0.1, 0.15) is 16.6 Å². The molecule has 0 fully saturated rings. The topological polar surface area (TPSA) is 76.7 Å². The van der Waals surface area contributed by atoms with Crippen molar-refractivity contribution in [3.05, 3.63) is 64.7 Å². The average molecular weight is 297 g/mol. The zero-order chi connectivity index (χ0) is 14.5. The van der Waals surface area contributed by atoms with E-state index in [1.807, 2.05) is 24.3 Å². The van der Waals surface area contributed by atoms with E-state index in [4.69, 9.17) is 5.84 Å². The lowest BCUT2D eigenvalue weighted by molar-refractivity contribution is 0.547.